The average Bonchev–Trinajstić information content (AvgIpc) is 3.07. The van der Waals surface area contributed by atoms with Crippen LogP contribution in [-0.4, -0.2) is 18.6 Å². The van der Waals surface area contributed by atoms with Crippen molar-refractivity contribution in [3.8, 4) is 5.75 Å². The summed E-state index contributed by atoms with van der Waals surface area (Å²) in [7, 11) is 1.74. The number of methoxy groups -OCH3 is 1. The molecule has 1 aliphatic rings. The van der Waals surface area contributed by atoms with E-state index in [0.717, 1.165) is 25.1 Å². The molecule has 3 aromatic carbocycles. The van der Waals surface area contributed by atoms with Crippen molar-refractivity contribution in [2.45, 2.75) is 25.8 Å². The molecule has 2 N–H and O–H groups in total. The second kappa shape index (κ2) is 7.50. The number of hydrogen-bond donors (Lipinski definition) is 2. The fraction of sp³-hybridized carbons (Fsp3) is 0.250. The van der Waals surface area contributed by atoms with Crippen molar-refractivity contribution in [2.24, 2.45) is 0 Å². The van der Waals surface area contributed by atoms with Gasteiger partial charge in [-0.1, -0.05) is 42.0 Å². The van der Waals surface area contributed by atoms with Gasteiger partial charge in [0.2, 0.25) is 0 Å². The van der Waals surface area contributed by atoms with E-state index >= 15 is 0 Å². The summed E-state index contributed by atoms with van der Waals surface area (Å²) in [6, 6.07) is 19.8. The van der Waals surface area contributed by atoms with Gasteiger partial charge in [0.1, 0.15) is 5.75 Å². The van der Waals surface area contributed by atoms with E-state index in [9.17, 15) is 0 Å². The Morgan fingerprint density at radius 1 is 1.00 bits per heavy atom. The van der Waals surface area contributed by atoms with E-state index in [-0.39, 0.29) is 12.4 Å². The van der Waals surface area contributed by atoms with Crippen LogP contribution in [0.15, 0.2) is 54.6 Å². The average molecular weight is 393 g/mol. The van der Waals surface area contributed by atoms with Gasteiger partial charge >= 0.3 is 0 Å². The van der Waals surface area contributed by atoms with Gasteiger partial charge in [0.15, 0.2) is 0 Å². The van der Waals surface area contributed by atoms with Gasteiger partial charge in [-0.05, 0) is 61.0 Å². The minimum Gasteiger partial charge on any atom is -0.496 e. The Hall–Kier alpha value is -2.49. The molecule has 0 amide bonds. The first kappa shape index (κ1) is 18.9. The molecule has 0 fully saturated rings. The van der Waals surface area contributed by atoms with E-state index in [1.165, 1.54) is 44.1 Å². The molecule has 0 radical (unpaired) electrons. The third-order valence-corrected chi connectivity index (χ3v) is 5.83. The topological polar surface area (TPSA) is 37.0 Å². The van der Waals surface area contributed by atoms with E-state index in [1.807, 2.05) is 0 Å². The number of benzene rings is 3. The van der Waals surface area contributed by atoms with E-state index in [2.05, 4.69) is 71.8 Å². The Morgan fingerprint density at radius 2 is 1.82 bits per heavy atom. The molecule has 3 nitrogen and oxygen atoms in total. The first-order valence-electron chi connectivity index (χ1n) is 9.63. The van der Waals surface area contributed by atoms with Gasteiger partial charge in [0, 0.05) is 22.0 Å². The molecule has 1 atom stereocenters. The van der Waals surface area contributed by atoms with E-state index < -0.39 is 0 Å². The van der Waals surface area contributed by atoms with E-state index in [1.54, 1.807) is 7.11 Å². The number of rotatable bonds is 3. The van der Waals surface area contributed by atoms with Crippen LogP contribution >= 0.6 is 12.4 Å². The molecule has 0 saturated carbocycles. The monoisotopic (exact) mass is 392 g/mol. The second-order valence-electron chi connectivity index (χ2n) is 7.50. The van der Waals surface area contributed by atoms with E-state index in [0.29, 0.717) is 6.04 Å². The number of ether oxygens (including phenoxy) is 1. The Labute approximate surface area is 171 Å². The van der Waals surface area contributed by atoms with Crippen LogP contribution in [-0.2, 0) is 12.8 Å². The van der Waals surface area contributed by atoms with Gasteiger partial charge in [0.25, 0.3) is 0 Å². The molecule has 2 heterocycles. The lowest BCUT2D eigenvalue weighted by atomic mass is 9.92. The van der Waals surface area contributed by atoms with Crippen LogP contribution in [0.2, 0.25) is 0 Å². The molecular weight excluding hydrogens is 368 g/mol. The maximum absolute atomic E-state index is 5.56. The summed E-state index contributed by atoms with van der Waals surface area (Å²) in [5.74, 6) is 0.938. The van der Waals surface area contributed by atoms with Gasteiger partial charge in [-0.2, -0.15) is 0 Å². The maximum Gasteiger partial charge on any atom is 0.126 e. The third-order valence-electron chi connectivity index (χ3n) is 5.83. The quantitative estimate of drug-likeness (QED) is 0.483. The summed E-state index contributed by atoms with van der Waals surface area (Å²) in [4.78, 5) is 3.70. The molecule has 28 heavy (non-hydrogen) atoms. The summed E-state index contributed by atoms with van der Waals surface area (Å²) >= 11 is 0. The minimum absolute atomic E-state index is 0. The Kier molecular flexibility index (Phi) is 5.05. The maximum atomic E-state index is 5.56. The van der Waals surface area contributed by atoms with Crippen LogP contribution in [0.4, 0.5) is 0 Å². The van der Waals surface area contributed by atoms with Crippen LogP contribution in [0.5, 0.6) is 5.75 Å². The van der Waals surface area contributed by atoms with Crippen molar-refractivity contribution in [1.29, 1.82) is 0 Å². The molecule has 144 valence electrons. The van der Waals surface area contributed by atoms with Crippen LogP contribution in [0, 0.1) is 6.92 Å². The Bertz CT molecular complexity index is 1150. The Morgan fingerprint density at radius 3 is 2.64 bits per heavy atom. The normalized spacial score (nSPS) is 16.0. The molecule has 4 aromatic rings. The fourth-order valence-electron chi connectivity index (χ4n) is 4.51. The number of aryl methyl sites for hydroxylation is 1. The smallest absolute Gasteiger partial charge is 0.126 e. The number of aromatic nitrogens is 1. The number of hydrogen-bond acceptors (Lipinski definition) is 2. The number of aromatic amines is 1. The summed E-state index contributed by atoms with van der Waals surface area (Å²) < 4.78 is 5.56. The first-order chi connectivity index (χ1) is 13.2. The summed E-state index contributed by atoms with van der Waals surface area (Å²) in [5, 5.41) is 7.57. The lowest BCUT2D eigenvalue weighted by molar-refractivity contribution is 0.419. The van der Waals surface area contributed by atoms with Crippen molar-refractivity contribution >= 4 is 34.1 Å². The zero-order valence-electron chi connectivity index (χ0n) is 16.2. The van der Waals surface area contributed by atoms with Gasteiger partial charge in [-0.3, -0.25) is 0 Å². The highest BCUT2D eigenvalue weighted by Gasteiger charge is 2.24. The highest BCUT2D eigenvalue weighted by molar-refractivity contribution is 5.91. The number of H-pyrrole nitrogens is 1. The van der Waals surface area contributed by atoms with Crippen LogP contribution in [0.25, 0.3) is 21.7 Å². The SMILES string of the molecule is COc1ccc(CC2NCCc3c2[nH]c2ccc(C)cc32)c2ccccc12.Cl. The number of fused-ring (bicyclic) bond motifs is 4. The molecule has 1 aromatic heterocycles. The van der Waals surface area contributed by atoms with Gasteiger partial charge in [0.05, 0.1) is 13.2 Å². The molecule has 0 saturated heterocycles. The standard InChI is InChI=1S/C24H24N2O.ClH/c1-15-7-9-21-20(13-15)19-11-12-25-22(24(19)26-21)14-16-8-10-23(27-2)18-6-4-3-5-17(16)18;/h3-10,13,22,25-26H,11-12,14H2,1-2H3;1H. The molecule has 0 aliphatic carbocycles. The predicted molar refractivity (Wildman–Crippen MR) is 119 cm³/mol. The van der Waals surface area contributed by atoms with Crippen LogP contribution in [0.1, 0.15) is 28.4 Å². The Balaban J connectivity index is 0.00000192. The lowest BCUT2D eigenvalue weighted by Crippen LogP contribution is -2.31. The number of halogens is 1. The highest BCUT2D eigenvalue weighted by atomic mass is 35.5. The van der Waals surface area contributed by atoms with Crippen molar-refractivity contribution < 1.29 is 4.74 Å². The van der Waals surface area contributed by atoms with E-state index in [4.69, 9.17) is 4.74 Å². The molecule has 1 aliphatic heterocycles. The molecule has 1 unspecified atom stereocenters. The van der Waals surface area contributed by atoms with Crippen LogP contribution in [0.3, 0.4) is 0 Å². The first-order valence-corrected chi connectivity index (χ1v) is 9.63. The van der Waals surface area contributed by atoms with Crippen molar-refractivity contribution in [3.63, 3.8) is 0 Å². The zero-order valence-corrected chi connectivity index (χ0v) is 17.0. The largest absolute Gasteiger partial charge is 0.496 e. The second-order valence-corrected chi connectivity index (χ2v) is 7.50. The summed E-state index contributed by atoms with van der Waals surface area (Å²) in [6.45, 7) is 3.19. The summed E-state index contributed by atoms with van der Waals surface area (Å²) in [6.07, 6.45) is 2.04. The minimum atomic E-state index is 0. The van der Waals surface area contributed by atoms with Crippen LogP contribution < -0.4 is 10.1 Å². The summed E-state index contributed by atoms with van der Waals surface area (Å²) in [5.41, 5.74) is 6.75. The van der Waals surface area contributed by atoms with Crippen molar-refractivity contribution in [2.75, 3.05) is 13.7 Å². The molecule has 5 rings (SSSR count). The molecular formula is C24H25ClN2O. The highest BCUT2D eigenvalue weighted by Crippen LogP contribution is 2.35. The molecule has 4 heteroatoms. The molecule has 0 spiro atoms. The fourth-order valence-corrected chi connectivity index (χ4v) is 4.51. The number of nitrogens with one attached hydrogen (secondary N) is 2. The van der Waals surface area contributed by atoms with Crippen molar-refractivity contribution in [3.05, 3.63) is 77.0 Å². The van der Waals surface area contributed by atoms with Gasteiger partial charge in [-0.25, -0.2) is 0 Å². The third kappa shape index (κ3) is 3.05. The molecule has 0 bridgehead atoms. The van der Waals surface area contributed by atoms with Gasteiger partial charge in [-0.15, -0.1) is 12.4 Å². The van der Waals surface area contributed by atoms with Crippen molar-refractivity contribution in [1.82, 2.24) is 10.3 Å². The van der Waals surface area contributed by atoms with Gasteiger partial charge < -0.3 is 15.0 Å². The predicted octanol–water partition coefficient (Wildman–Crippen LogP) is 5.49. The lowest BCUT2D eigenvalue weighted by Gasteiger charge is -2.25. The zero-order chi connectivity index (χ0) is 18.4.